The Labute approximate surface area is 152 Å². The molecule has 2 heterocycles. The van der Waals surface area contributed by atoms with Gasteiger partial charge >= 0.3 is 5.97 Å². The summed E-state index contributed by atoms with van der Waals surface area (Å²) in [7, 11) is 0. The highest BCUT2D eigenvalue weighted by Crippen LogP contribution is 2.22. The maximum Gasteiger partial charge on any atom is 0.340 e. The lowest BCUT2D eigenvalue weighted by Crippen LogP contribution is -2.38. The Kier molecular flexibility index (Phi) is 5.99. The first kappa shape index (κ1) is 18.1. The van der Waals surface area contributed by atoms with Gasteiger partial charge in [0.15, 0.2) is 11.9 Å². The third-order valence-electron chi connectivity index (χ3n) is 4.67. The van der Waals surface area contributed by atoms with Crippen LogP contribution in [0.25, 0.3) is 5.82 Å². The molecule has 26 heavy (non-hydrogen) atoms. The van der Waals surface area contributed by atoms with E-state index in [9.17, 15) is 9.59 Å². The Morgan fingerprint density at radius 2 is 2.12 bits per heavy atom. The molecule has 138 valence electrons. The van der Waals surface area contributed by atoms with Gasteiger partial charge < -0.3 is 10.1 Å². The zero-order valence-electron chi connectivity index (χ0n) is 14.9. The van der Waals surface area contributed by atoms with Crippen LogP contribution in [0.4, 0.5) is 0 Å². The molecule has 0 unspecified atom stereocenters. The summed E-state index contributed by atoms with van der Waals surface area (Å²) >= 11 is 0. The van der Waals surface area contributed by atoms with Crippen LogP contribution in [-0.4, -0.2) is 39.3 Å². The van der Waals surface area contributed by atoms with Crippen molar-refractivity contribution < 1.29 is 14.3 Å². The maximum absolute atomic E-state index is 12.2. The third kappa shape index (κ3) is 4.68. The summed E-state index contributed by atoms with van der Waals surface area (Å²) in [6, 6.07) is 5.08. The van der Waals surface area contributed by atoms with E-state index in [0.717, 1.165) is 12.8 Å². The molecule has 0 radical (unpaired) electrons. The van der Waals surface area contributed by atoms with E-state index in [-0.39, 0.29) is 5.91 Å². The summed E-state index contributed by atoms with van der Waals surface area (Å²) < 4.78 is 6.85. The molecule has 0 spiro atoms. The highest BCUT2D eigenvalue weighted by molar-refractivity contribution is 5.92. The fourth-order valence-electron chi connectivity index (χ4n) is 3.11. The maximum atomic E-state index is 12.2. The van der Waals surface area contributed by atoms with Crippen molar-refractivity contribution in [1.82, 2.24) is 20.1 Å². The smallest absolute Gasteiger partial charge is 0.340 e. The van der Waals surface area contributed by atoms with E-state index >= 15 is 0 Å². The Hall–Kier alpha value is -2.70. The van der Waals surface area contributed by atoms with Crippen LogP contribution < -0.4 is 5.32 Å². The molecule has 1 aliphatic rings. The molecule has 1 saturated carbocycles. The van der Waals surface area contributed by atoms with Gasteiger partial charge in [-0.25, -0.2) is 14.5 Å². The molecule has 1 N–H and O–H groups in total. The predicted molar refractivity (Wildman–Crippen MR) is 95.8 cm³/mol. The Morgan fingerprint density at radius 3 is 2.77 bits per heavy atom. The van der Waals surface area contributed by atoms with Gasteiger partial charge in [-0.05, 0) is 43.9 Å². The molecular formula is C19H24N4O3. The molecule has 7 nitrogen and oxygen atoms in total. The van der Waals surface area contributed by atoms with Gasteiger partial charge in [-0.2, -0.15) is 5.10 Å². The van der Waals surface area contributed by atoms with Crippen LogP contribution in [0, 0.1) is 5.92 Å². The first-order valence-electron chi connectivity index (χ1n) is 9.08. The molecule has 2 aromatic heterocycles. The van der Waals surface area contributed by atoms with Gasteiger partial charge in [0, 0.05) is 25.1 Å². The summed E-state index contributed by atoms with van der Waals surface area (Å²) in [6.07, 6.45) is 10.1. The molecule has 0 bridgehead atoms. The van der Waals surface area contributed by atoms with Crippen LogP contribution in [0.1, 0.15) is 49.4 Å². The molecule has 1 atom stereocenters. The van der Waals surface area contributed by atoms with Gasteiger partial charge in [-0.3, -0.25) is 4.79 Å². The number of carbonyl (C=O) groups is 2. The third-order valence-corrected chi connectivity index (χ3v) is 4.67. The summed E-state index contributed by atoms with van der Waals surface area (Å²) in [6.45, 7) is 2.24. The quantitative estimate of drug-likeness (QED) is 0.804. The van der Waals surface area contributed by atoms with E-state index in [4.69, 9.17) is 4.74 Å². The topological polar surface area (TPSA) is 86.1 Å². The van der Waals surface area contributed by atoms with Crippen molar-refractivity contribution in [2.24, 2.45) is 5.92 Å². The molecule has 3 rings (SSSR count). The molecular weight excluding hydrogens is 332 g/mol. The number of pyridine rings is 1. The SMILES string of the molecule is C[C@H](OC(=O)c1ccc(-n2cccn2)nc1)C(=O)NCC1CCCCC1. The molecule has 2 aromatic rings. The molecule has 0 aliphatic heterocycles. The van der Waals surface area contributed by atoms with Crippen LogP contribution in [0.2, 0.25) is 0 Å². The lowest BCUT2D eigenvalue weighted by molar-refractivity contribution is -0.129. The van der Waals surface area contributed by atoms with Crippen LogP contribution >= 0.6 is 0 Å². The van der Waals surface area contributed by atoms with Gasteiger partial charge in [0.2, 0.25) is 0 Å². The molecule has 0 saturated heterocycles. The van der Waals surface area contributed by atoms with E-state index in [1.54, 1.807) is 42.2 Å². The Bertz CT molecular complexity index is 722. The van der Waals surface area contributed by atoms with E-state index < -0.39 is 12.1 Å². The standard InChI is InChI=1S/C19H24N4O3/c1-14(18(24)21-12-15-6-3-2-4-7-15)26-19(25)16-8-9-17(20-13-16)23-11-5-10-22-23/h5,8-11,13-15H,2-4,6-7,12H2,1H3,(H,21,24)/t14-/m0/s1. The van der Waals surface area contributed by atoms with Crippen LogP contribution in [0.3, 0.4) is 0 Å². The van der Waals surface area contributed by atoms with Gasteiger partial charge in [0.05, 0.1) is 5.56 Å². The number of hydrogen-bond donors (Lipinski definition) is 1. The second-order valence-corrected chi connectivity index (χ2v) is 6.65. The van der Waals surface area contributed by atoms with Gasteiger partial charge in [-0.15, -0.1) is 0 Å². The number of aromatic nitrogens is 3. The van der Waals surface area contributed by atoms with Crippen molar-refractivity contribution in [2.75, 3.05) is 6.54 Å². The lowest BCUT2D eigenvalue weighted by atomic mass is 9.89. The Balaban J connectivity index is 1.49. The van der Waals surface area contributed by atoms with Gasteiger partial charge in [-0.1, -0.05) is 19.3 Å². The molecule has 1 aliphatic carbocycles. The van der Waals surface area contributed by atoms with E-state index in [0.29, 0.717) is 23.8 Å². The van der Waals surface area contributed by atoms with Crippen LogP contribution in [-0.2, 0) is 9.53 Å². The number of carbonyl (C=O) groups excluding carboxylic acids is 2. The summed E-state index contributed by atoms with van der Waals surface area (Å²) in [5.74, 6) is 0.314. The number of ether oxygens (including phenoxy) is 1. The first-order valence-corrected chi connectivity index (χ1v) is 9.08. The predicted octanol–water partition coefficient (Wildman–Crippen LogP) is 2.51. The lowest BCUT2D eigenvalue weighted by Gasteiger charge is -2.22. The minimum absolute atomic E-state index is 0.259. The molecule has 0 aromatic carbocycles. The normalized spacial score (nSPS) is 16.0. The number of hydrogen-bond acceptors (Lipinski definition) is 5. The Morgan fingerprint density at radius 1 is 1.31 bits per heavy atom. The van der Waals surface area contributed by atoms with E-state index in [1.807, 2.05) is 0 Å². The highest BCUT2D eigenvalue weighted by atomic mass is 16.5. The zero-order chi connectivity index (χ0) is 18.4. The average molecular weight is 356 g/mol. The average Bonchev–Trinajstić information content (AvgIpc) is 3.21. The van der Waals surface area contributed by atoms with E-state index in [1.165, 1.54) is 25.5 Å². The molecule has 1 fully saturated rings. The minimum atomic E-state index is -0.836. The van der Waals surface area contributed by atoms with Crippen molar-refractivity contribution in [3.8, 4) is 5.82 Å². The number of nitrogens with one attached hydrogen (secondary N) is 1. The van der Waals surface area contributed by atoms with Crippen molar-refractivity contribution in [1.29, 1.82) is 0 Å². The van der Waals surface area contributed by atoms with Gasteiger partial charge in [0.25, 0.3) is 5.91 Å². The first-order chi connectivity index (χ1) is 12.6. The highest BCUT2D eigenvalue weighted by Gasteiger charge is 2.21. The van der Waals surface area contributed by atoms with Crippen molar-refractivity contribution in [3.05, 3.63) is 42.4 Å². The second-order valence-electron chi connectivity index (χ2n) is 6.65. The molecule has 7 heteroatoms. The fraction of sp³-hybridized carbons (Fsp3) is 0.474. The fourth-order valence-corrected chi connectivity index (χ4v) is 3.11. The van der Waals surface area contributed by atoms with Crippen molar-refractivity contribution in [2.45, 2.75) is 45.1 Å². The molecule has 1 amide bonds. The summed E-state index contributed by atoms with van der Waals surface area (Å²) in [5.41, 5.74) is 0.299. The number of nitrogens with zero attached hydrogens (tertiary/aromatic N) is 3. The number of rotatable bonds is 6. The second kappa shape index (κ2) is 8.60. The van der Waals surface area contributed by atoms with E-state index in [2.05, 4.69) is 15.4 Å². The minimum Gasteiger partial charge on any atom is -0.449 e. The monoisotopic (exact) mass is 356 g/mol. The number of amides is 1. The largest absolute Gasteiger partial charge is 0.449 e. The van der Waals surface area contributed by atoms with Gasteiger partial charge in [0.1, 0.15) is 0 Å². The van der Waals surface area contributed by atoms with Crippen LogP contribution in [0.15, 0.2) is 36.8 Å². The number of esters is 1. The summed E-state index contributed by atoms with van der Waals surface area (Å²) in [4.78, 5) is 28.5. The van der Waals surface area contributed by atoms with Crippen molar-refractivity contribution in [3.63, 3.8) is 0 Å². The summed E-state index contributed by atoms with van der Waals surface area (Å²) in [5, 5.41) is 6.97. The van der Waals surface area contributed by atoms with Crippen molar-refractivity contribution >= 4 is 11.9 Å². The zero-order valence-corrected chi connectivity index (χ0v) is 14.9. The van der Waals surface area contributed by atoms with Crippen LogP contribution in [0.5, 0.6) is 0 Å².